The molecule has 2 aromatic carbocycles. The van der Waals surface area contributed by atoms with Crippen LogP contribution >= 0.6 is 11.3 Å². The number of thiophene rings is 1. The van der Waals surface area contributed by atoms with Crippen molar-refractivity contribution in [1.29, 1.82) is 10.5 Å². The van der Waals surface area contributed by atoms with Crippen LogP contribution in [0.3, 0.4) is 0 Å². The Labute approximate surface area is 192 Å². The second-order valence-corrected chi connectivity index (χ2v) is 8.04. The van der Waals surface area contributed by atoms with Crippen LogP contribution in [0, 0.1) is 22.7 Å². The number of nitriles is 2. The van der Waals surface area contributed by atoms with Crippen LogP contribution in [0.4, 0.5) is 5.69 Å². The van der Waals surface area contributed by atoms with Crippen molar-refractivity contribution in [1.82, 2.24) is 29.8 Å². The van der Waals surface area contributed by atoms with Gasteiger partial charge in [0.25, 0.3) is 0 Å². The zero-order valence-corrected chi connectivity index (χ0v) is 17.9. The van der Waals surface area contributed by atoms with Crippen molar-refractivity contribution in [2.75, 3.05) is 5.73 Å². The second kappa shape index (κ2) is 8.38. The fraction of sp³-hybridized carbons (Fsp3) is 0.0435. The number of benzene rings is 2. The molecular formula is C23H15N9S. The van der Waals surface area contributed by atoms with Gasteiger partial charge in [-0.3, -0.25) is 0 Å². The summed E-state index contributed by atoms with van der Waals surface area (Å²) in [4.78, 5) is 4.88. The van der Waals surface area contributed by atoms with Crippen LogP contribution in [0.15, 0.2) is 66.7 Å². The van der Waals surface area contributed by atoms with Crippen molar-refractivity contribution < 1.29 is 0 Å². The predicted molar refractivity (Wildman–Crippen MR) is 123 cm³/mol. The molecule has 3 heterocycles. The maximum absolute atomic E-state index is 10.0. The average Bonchev–Trinajstić information content (AvgIpc) is 3.62. The molecule has 2 N–H and O–H groups in total. The summed E-state index contributed by atoms with van der Waals surface area (Å²) in [5, 5.41) is 34.8. The van der Waals surface area contributed by atoms with E-state index < -0.39 is 0 Å². The maximum atomic E-state index is 10.0. The Morgan fingerprint density at radius 1 is 1.00 bits per heavy atom. The van der Waals surface area contributed by atoms with Gasteiger partial charge in [-0.2, -0.15) is 15.6 Å². The van der Waals surface area contributed by atoms with Crippen LogP contribution in [0.2, 0.25) is 0 Å². The molecule has 0 radical (unpaired) electrons. The third kappa shape index (κ3) is 3.51. The summed E-state index contributed by atoms with van der Waals surface area (Å²) in [5.41, 5.74) is 9.84. The highest BCUT2D eigenvalue weighted by Gasteiger charge is 2.28. The van der Waals surface area contributed by atoms with Gasteiger partial charge in [0.1, 0.15) is 30.5 Å². The lowest BCUT2D eigenvalue weighted by Crippen LogP contribution is -2.08. The molecule has 10 heteroatoms. The van der Waals surface area contributed by atoms with Gasteiger partial charge >= 0.3 is 0 Å². The van der Waals surface area contributed by atoms with Crippen LogP contribution in [-0.4, -0.2) is 29.8 Å². The van der Waals surface area contributed by atoms with Gasteiger partial charge in [0, 0.05) is 10.4 Å². The molecule has 9 nitrogen and oxygen atoms in total. The van der Waals surface area contributed by atoms with Gasteiger partial charge in [0.2, 0.25) is 0 Å². The number of hydrogen-bond donors (Lipinski definition) is 1. The molecule has 33 heavy (non-hydrogen) atoms. The van der Waals surface area contributed by atoms with Crippen molar-refractivity contribution in [2.45, 2.75) is 6.54 Å². The first-order valence-corrected chi connectivity index (χ1v) is 10.7. The topological polar surface area (TPSA) is 135 Å². The Hall–Kier alpha value is -4.80. The van der Waals surface area contributed by atoms with Crippen molar-refractivity contribution in [3.05, 3.63) is 83.4 Å². The highest BCUT2D eigenvalue weighted by molar-refractivity contribution is 7.13. The Bertz CT molecular complexity index is 1500. The molecule has 0 spiro atoms. The highest BCUT2D eigenvalue weighted by atomic mass is 32.1. The molecule has 0 aliphatic carbocycles. The first kappa shape index (κ1) is 20.1. The molecule has 0 unspecified atom stereocenters. The Kier molecular flexibility index (Phi) is 5.11. The van der Waals surface area contributed by atoms with E-state index in [-0.39, 0.29) is 16.8 Å². The van der Waals surface area contributed by atoms with E-state index in [0.717, 1.165) is 10.4 Å². The molecule has 0 aliphatic rings. The molecule has 0 saturated carbocycles. The zero-order chi connectivity index (χ0) is 22.8. The summed E-state index contributed by atoms with van der Waals surface area (Å²) in [6, 6.07) is 18.0. The highest BCUT2D eigenvalue weighted by Crippen LogP contribution is 2.44. The van der Waals surface area contributed by atoms with Crippen LogP contribution in [0.25, 0.3) is 27.4 Å². The number of anilines is 1. The van der Waals surface area contributed by atoms with E-state index in [1.54, 1.807) is 10.9 Å². The summed E-state index contributed by atoms with van der Waals surface area (Å²) in [6.07, 6.45) is 4.67. The van der Waals surface area contributed by atoms with E-state index in [1.165, 1.54) is 28.7 Å². The van der Waals surface area contributed by atoms with Gasteiger partial charge < -0.3 is 5.73 Å². The molecule has 0 fully saturated rings. The molecule has 0 saturated heterocycles. The van der Waals surface area contributed by atoms with E-state index in [2.05, 4.69) is 32.5 Å². The largest absolute Gasteiger partial charge is 0.397 e. The number of nitrogens with zero attached hydrogens (tertiary/aromatic N) is 8. The monoisotopic (exact) mass is 449 g/mol. The lowest BCUT2D eigenvalue weighted by molar-refractivity contribution is 0.650. The minimum absolute atomic E-state index is 0.0971. The minimum atomic E-state index is 0.0971. The summed E-state index contributed by atoms with van der Waals surface area (Å²) >= 11 is 1.46. The maximum Gasteiger partial charge on any atom is 0.138 e. The van der Waals surface area contributed by atoms with Crippen LogP contribution < -0.4 is 5.73 Å². The van der Waals surface area contributed by atoms with E-state index in [0.29, 0.717) is 29.1 Å². The molecule has 0 aliphatic heterocycles. The van der Waals surface area contributed by atoms with Gasteiger partial charge in [0.15, 0.2) is 0 Å². The molecule has 3 aromatic heterocycles. The number of hydrogen-bond acceptors (Lipinski definition) is 8. The fourth-order valence-electron chi connectivity index (χ4n) is 3.71. The molecule has 0 atom stereocenters. The smallest absolute Gasteiger partial charge is 0.138 e. The van der Waals surface area contributed by atoms with E-state index in [9.17, 15) is 10.5 Å². The molecule has 5 rings (SSSR count). The number of nitrogens with two attached hydrogens (primary N) is 1. The van der Waals surface area contributed by atoms with Crippen LogP contribution in [-0.2, 0) is 6.54 Å². The van der Waals surface area contributed by atoms with Crippen molar-refractivity contribution in [3.8, 4) is 39.5 Å². The quantitative estimate of drug-likeness (QED) is 0.405. The third-order valence-corrected chi connectivity index (χ3v) is 6.02. The Balaban J connectivity index is 1.79. The van der Waals surface area contributed by atoms with Gasteiger partial charge in [-0.25, -0.2) is 14.3 Å². The number of nitrogen functional groups attached to an aromatic ring is 1. The molecule has 5 aromatic rings. The molecular weight excluding hydrogens is 434 g/mol. The summed E-state index contributed by atoms with van der Waals surface area (Å²) in [5.74, 6) is 0. The number of aromatic nitrogens is 6. The summed E-state index contributed by atoms with van der Waals surface area (Å²) in [7, 11) is 0. The van der Waals surface area contributed by atoms with E-state index in [4.69, 9.17) is 5.73 Å². The Morgan fingerprint density at radius 2 is 1.79 bits per heavy atom. The SMILES string of the molecule is N#Cc1c(N)c(C#N)c(-c2cccs2)c(-n2cncn2)c1-c1cn(Cc2ccccc2)nn1. The Morgan fingerprint density at radius 3 is 2.45 bits per heavy atom. The minimum Gasteiger partial charge on any atom is -0.397 e. The van der Waals surface area contributed by atoms with Gasteiger partial charge in [-0.1, -0.05) is 41.6 Å². The normalized spacial score (nSPS) is 10.6. The molecule has 0 bridgehead atoms. The van der Waals surface area contributed by atoms with Gasteiger partial charge in [-0.05, 0) is 17.0 Å². The van der Waals surface area contributed by atoms with Crippen LogP contribution in [0.1, 0.15) is 16.7 Å². The fourth-order valence-corrected chi connectivity index (χ4v) is 4.49. The first-order valence-electron chi connectivity index (χ1n) is 9.84. The van der Waals surface area contributed by atoms with Crippen molar-refractivity contribution in [3.63, 3.8) is 0 Å². The molecule has 0 amide bonds. The lowest BCUT2D eigenvalue weighted by Gasteiger charge is -2.18. The third-order valence-electron chi connectivity index (χ3n) is 5.13. The average molecular weight is 450 g/mol. The predicted octanol–water partition coefficient (Wildman–Crippen LogP) is 3.63. The zero-order valence-electron chi connectivity index (χ0n) is 17.1. The van der Waals surface area contributed by atoms with Gasteiger partial charge in [0.05, 0.1) is 40.8 Å². The van der Waals surface area contributed by atoms with Gasteiger partial charge in [-0.15, -0.1) is 16.4 Å². The summed E-state index contributed by atoms with van der Waals surface area (Å²) < 4.78 is 3.22. The first-order chi connectivity index (χ1) is 16.2. The van der Waals surface area contributed by atoms with Crippen LogP contribution in [0.5, 0.6) is 0 Å². The second-order valence-electron chi connectivity index (χ2n) is 7.09. The molecule has 158 valence electrons. The van der Waals surface area contributed by atoms with Crippen molar-refractivity contribution in [2.24, 2.45) is 0 Å². The lowest BCUT2D eigenvalue weighted by atomic mass is 9.91. The van der Waals surface area contributed by atoms with E-state index >= 15 is 0 Å². The number of rotatable bonds is 5. The van der Waals surface area contributed by atoms with Crippen molar-refractivity contribution >= 4 is 17.0 Å². The standard InChI is InChI=1S/C23H15N9S/c24-9-16-20(18-12-31(30-29-18)11-15-5-2-1-3-6-15)23(32-14-27-13-28-32)21(17(10-25)22(16)26)19-7-4-8-33-19/h1-8,12-14H,11,26H2. The summed E-state index contributed by atoms with van der Waals surface area (Å²) in [6.45, 7) is 0.512. The van der Waals surface area contributed by atoms with E-state index in [1.807, 2.05) is 47.8 Å².